The molecule has 11 heterocycles. The monoisotopic (exact) mass is 1510 g/mol. The predicted octanol–water partition coefficient (Wildman–Crippen LogP) is 18.3. The number of aromatic nitrogens is 12. The highest BCUT2D eigenvalue weighted by Crippen LogP contribution is 2.48. The van der Waals surface area contributed by atoms with E-state index in [1.54, 1.807) is 0 Å². The number of fused-ring (bicyclic) bond motifs is 5. The van der Waals surface area contributed by atoms with Crippen LogP contribution in [-0.4, -0.2) is 107 Å². The van der Waals surface area contributed by atoms with E-state index in [-0.39, 0.29) is 62.6 Å². The number of hydrogen-bond acceptors (Lipinski definition) is 20. The Labute approximate surface area is 656 Å². The van der Waals surface area contributed by atoms with Crippen molar-refractivity contribution in [2.45, 2.75) is 390 Å². The Hall–Kier alpha value is -6.22. The number of imidazole rings is 1. The first-order valence-corrected chi connectivity index (χ1v) is 40.1. The van der Waals surface area contributed by atoms with Gasteiger partial charge in [0, 0.05) is 123 Å². The van der Waals surface area contributed by atoms with Crippen LogP contribution in [-0.2, 0) is 118 Å². The number of aryl methyl sites for hydroxylation is 1. The minimum atomic E-state index is -0.804. The van der Waals surface area contributed by atoms with E-state index in [4.69, 9.17) is 73.8 Å². The molecular formula is C88H140N14O7. The van der Waals surface area contributed by atoms with Crippen LogP contribution in [0.25, 0.3) is 0 Å². The van der Waals surface area contributed by atoms with Crippen LogP contribution in [0.1, 0.15) is 404 Å². The predicted molar refractivity (Wildman–Crippen MR) is 432 cm³/mol. The summed E-state index contributed by atoms with van der Waals surface area (Å²) in [5, 5.41) is 28.7. The highest BCUT2D eigenvalue weighted by atomic mass is 16.5. The molecular weight excluding hydrogens is 1370 g/mol. The van der Waals surface area contributed by atoms with E-state index in [9.17, 15) is 10.2 Å². The van der Waals surface area contributed by atoms with Crippen LogP contribution in [0.2, 0.25) is 0 Å². The van der Waals surface area contributed by atoms with Crippen LogP contribution in [0.4, 0.5) is 0 Å². The third-order valence-electron chi connectivity index (χ3n) is 21.1. The first kappa shape index (κ1) is 90.0. The Morgan fingerprint density at radius 2 is 0.716 bits per heavy atom. The highest BCUT2D eigenvalue weighted by molar-refractivity contribution is 5.42. The van der Waals surface area contributed by atoms with Gasteiger partial charge in [-0.05, 0) is 81.3 Å². The molecule has 6 aromatic rings. The van der Waals surface area contributed by atoms with Crippen molar-refractivity contribution in [2.24, 2.45) is 0 Å². The summed E-state index contributed by atoms with van der Waals surface area (Å²) in [4.78, 5) is 54.7. The van der Waals surface area contributed by atoms with Crippen molar-refractivity contribution >= 4 is 0 Å². The first-order chi connectivity index (χ1) is 50.0. The second-order valence-electron chi connectivity index (χ2n) is 39.4. The molecule has 5 aliphatic rings. The third-order valence-corrected chi connectivity index (χ3v) is 21.1. The summed E-state index contributed by atoms with van der Waals surface area (Å²) in [7, 11) is 2.15. The van der Waals surface area contributed by atoms with E-state index in [1.165, 1.54) is 11.1 Å². The molecule has 2 N–H and O–H groups in total. The van der Waals surface area contributed by atoms with E-state index in [1.807, 2.05) is 53.3 Å². The van der Waals surface area contributed by atoms with E-state index in [0.717, 1.165) is 135 Å². The number of rotatable bonds is 17. The lowest BCUT2D eigenvalue weighted by atomic mass is 9.83. The third kappa shape index (κ3) is 21.2. The summed E-state index contributed by atoms with van der Waals surface area (Å²) in [5.41, 5.74) is 12.8. The van der Waals surface area contributed by atoms with Gasteiger partial charge in [0.2, 0.25) is 0 Å². The molecule has 5 unspecified atom stereocenters. The Kier molecular flexibility index (Phi) is 27.9. The standard InChI is InChI=1S/C19H28N4O.C19H33N3O.C18H30N2O2.C17H25N3O.C15H24N2O2/c1-13(2)17-21-15(18(3,4)5)14-11-24-19(6,16(14)22-17)7-9-23-10-8-20-12-23;1-9-22(8)11-10-19(7)16-14(12-23-19)15(18(4,5)6)20-17(21-16)13(2)3;1-11(2)15-19-13(16(3,4)5)12-9-22-18(8,14(12)20-15)10-17(6,7)21;1-11(2)15-19-13(16(3,4)5)12-10-21-17(6,8-7-9-18)14(12)20-15;1-9(2)13-16-11(14(3,4)5)10-7-19-15(6,8-18)12(10)17-13/h8,10,12-13H,7,9,11H2,1-6H3;13H,9-12H2,1-8H3;11,21H,9-10H2,1-8H3;11H,7-8,10H2,1-6H3;9,18H,7-8H2,1-6H3. The topological polar surface area (TPSA) is 260 Å². The molecule has 109 heavy (non-hydrogen) atoms. The van der Waals surface area contributed by atoms with Gasteiger partial charge in [0.25, 0.3) is 0 Å². The fraction of sp³-hybridized carbons (Fsp3) is 0.727. The number of hydrogen-bond donors (Lipinski definition) is 2. The van der Waals surface area contributed by atoms with Crippen molar-refractivity contribution in [3.63, 3.8) is 0 Å². The summed E-state index contributed by atoms with van der Waals surface area (Å²) in [6.45, 7) is 75.7. The van der Waals surface area contributed by atoms with Gasteiger partial charge in [-0.3, -0.25) is 0 Å². The number of ether oxygens (including phenoxy) is 5. The van der Waals surface area contributed by atoms with Crippen molar-refractivity contribution in [1.82, 2.24) is 64.3 Å². The van der Waals surface area contributed by atoms with Crippen molar-refractivity contribution in [1.29, 1.82) is 5.26 Å². The molecule has 0 spiro atoms. The summed E-state index contributed by atoms with van der Waals surface area (Å²) in [6.07, 6.45) is 9.14. The fourth-order valence-electron chi connectivity index (χ4n) is 14.5. The summed E-state index contributed by atoms with van der Waals surface area (Å²) in [6, 6.07) is 2.21. The van der Waals surface area contributed by atoms with Gasteiger partial charge in [-0.1, -0.05) is 180 Å². The van der Waals surface area contributed by atoms with Crippen LogP contribution in [0.15, 0.2) is 18.7 Å². The number of aliphatic hydroxyl groups excluding tert-OH is 1. The molecule has 0 fully saturated rings. The summed E-state index contributed by atoms with van der Waals surface area (Å²) >= 11 is 0. The molecule has 0 radical (unpaired) electrons. The molecule has 5 atom stereocenters. The van der Waals surface area contributed by atoms with Crippen molar-refractivity contribution in [3.8, 4) is 6.07 Å². The molecule has 21 nitrogen and oxygen atoms in total. The van der Waals surface area contributed by atoms with Crippen molar-refractivity contribution in [2.75, 3.05) is 26.7 Å². The fourth-order valence-corrected chi connectivity index (χ4v) is 14.5. The zero-order chi connectivity index (χ0) is 82.1. The van der Waals surface area contributed by atoms with Crippen LogP contribution in [0.3, 0.4) is 0 Å². The number of nitriles is 1. The Morgan fingerprint density at radius 1 is 0.440 bits per heavy atom. The minimum absolute atomic E-state index is 0.00544. The molecule has 21 heteroatoms. The second-order valence-corrected chi connectivity index (χ2v) is 39.4. The van der Waals surface area contributed by atoms with Crippen LogP contribution in [0.5, 0.6) is 0 Å². The Bertz CT molecular complexity index is 4140. The smallest absolute Gasteiger partial charge is 0.131 e. The van der Waals surface area contributed by atoms with E-state index in [2.05, 4.69) is 226 Å². The second kappa shape index (κ2) is 33.8. The molecule has 0 saturated heterocycles. The number of nitrogens with zero attached hydrogens (tertiary/aromatic N) is 14. The van der Waals surface area contributed by atoms with Gasteiger partial charge >= 0.3 is 0 Å². The average Bonchev–Trinajstić information content (AvgIpc) is 1.66. The lowest BCUT2D eigenvalue weighted by Crippen LogP contribution is -2.34. The molecule has 604 valence electrons. The van der Waals surface area contributed by atoms with Crippen molar-refractivity contribution < 1.29 is 33.9 Å². The van der Waals surface area contributed by atoms with Crippen LogP contribution in [0, 0.1) is 11.3 Å². The maximum atomic E-state index is 10.3. The summed E-state index contributed by atoms with van der Waals surface area (Å²) < 4.78 is 32.5. The highest BCUT2D eigenvalue weighted by Gasteiger charge is 2.48. The zero-order valence-electron chi connectivity index (χ0n) is 73.7. The average molecular weight is 1510 g/mol. The zero-order valence-corrected chi connectivity index (χ0v) is 73.7. The minimum Gasteiger partial charge on any atom is -0.393 e. The number of aliphatic hydroxyl groups is 2. The van der Waals surface area contributed by atoms with Crippen LogP contribution >= 0.6 is 0 Å². The maximum absolute atomic E-state index is 10.3. The maximum Gasteiger partial charge on any atom is 0.131 e. The van der Waals surface area contributed by atoms with Gasteiger partial charge in [-0.15, -0.1) is 0 Å². The molecule has 0 amide bonds. The lowest BCUT2D eigenvalue weighted by Gasteiger charge is -2.31. The normalized spacial score (nSPS) is 21.7. The molecule has 5 aliphatic heterocycles. The summed E-state index contributed by atoms with van der Waals surface area (Å²) in [5.74, 6) is 5.83. The molecule has 11 rings (SSSR count). The van der Waals surface area contributed by atoms with E-state index in [0.29, 0.717) is 64.1 Å². The van der Waals surface area contributed by atoms with Gasteiger partial charge in [-0.25, -0.2) is 54.8 Å². The Balaban J connectivity index is 0.000000190. The largest absolute Gasteiger partial charge is 0.393 e. The molecule has 0 bridgehead atoms. The van der Waals surface area contributed by atoms with Crippen LogP contribution < -0.4 is 0 Å². The van der Waals surface area contributed by atoms with Gasteiger partial charge < -0.3 is 43.4 Å². The molecule has 0 saturated carbocycles. The Morgan fingerprint density at radius 3 is 0.972 bits per heavy atom. The quantitative estimate of drug-likeness (QED) is 0.0860. The van der Waals surface area contributed by atoms with E-state index >= 15 is 0 Å². The van der Waals surface area contributed by atoms with Gasteiger partial charge in [0.05, 0.1) is 115 Å². The van der Waals surface area contributed by atoms with Gasteiger partial charge in [-0.2, -0.15) is 5.26 Å². The molecule has 0 aliphatic carbocycles. The van der Waals surface area contributed by atoms with E-state index < -0.39 is 22.4 Å². The lowest BCUT2D eigenvalue weighted by molar-refractivity contribution is -0.0814. The van der Waals surface area contributed by atoms with Gasteiger partial charge in [0.15, 0.2) is 0 Å². The van der Waals surface area contributed by atoms with Crippen molar-refractivity contribution in [3.05, 3.63) is 133 Å². The molecule has 0 aromatic carbocycles. The van der Waals surface area contributed by atoms with Gasteiger partial charge in [0.1, 0.15) is 57.1 Å². The molecule has 6 aromatic heterocycles. The SMILES string of the molecule is CC(C)c1nc(C(C)(C)C)c2c(n1)C(C)(CC(C)(C)O)OC2.CC(C)c1nc(C(C)(C)C)c2c(n1)C(C)(CCC#N)OC2.CC(C)c1nc(C(C)(C)C)c2c(n1)C(C)(CCn1ccnc1)OC2.CC(C)c1nc(C(C)(C)C)c2c(n1)C(C)(CO)OC2.CCN(C)CCC1(C)OCc2c(C(C)(C)C)nc(C(C)C)nc21. The first-order valence-electron chi connectivity index (χ1n) is 40.1.